The van der Waals surface area contributed by atoms with Gasteiger partial charge in [0.05, 0.1) is 11.9 Å². The summed E-state index contributed by atoms with van der Waals surface area (Å²) in [6, 6.07) is 5.21. The first-order chi connectivity index (χ1) is 8.94. The summed E-state index contributed by atoms with van der Waals surface area (Å²) in [6.07, 6.45) is -1.98. The number of alkyl halides is 3. The van der Waals surface area contributed by atoms with Crippen LogP contribution in [0, 0.1) is 0 Å². The van der Waals surface area contributed by atoms with Crippen molar-refractivity contribution >= 4 is 17.2 Å². The highest BCUT2D eigenvalue weighted by molar-refractivity contribution is 5.67. The monoisotopic (exact) mass is 270 g/mol. The van der Waals surface area contributed by atoms with Gasteiger partial charge < -0.3 is 15.8 Å². The standard InChI is InChI=1S/C11H9F3N4O/c12-11(13,14)19-8-3-1-7(2-4-8)18-10-9(15)5-16-6-17-10/h1-6H,15H2,(H,16,17,18). The molecule has 0 saturated heterocycles. The number of nitrogens with one attached hydrogen (secondary N) is 1. The second kappa shape index (κ2) is 5.01. The molecule has 2 rings (SSSR count). The van der Waals surface area contributed by atoms with Crippen LogP contribution in [-0.4, -0.2) is 16.3 Å². The minimum Gasteiger partial charge on any atom is -0.406 e. The molecule has 5 nitrogen and oxygen atoms in total. The first kappa shape index (κ1) is 12.9. The van der Waals surface area contributed by atoms with Crippen LogP contribution in [0.5, 0.6) is 5.75 Å². The van der Waals surface area contributed by atoms with E-state index in [0.29, 0.717) is 17.2 Å². The lowest BCUT2D eigenvalue weighted by molar-refractivity contribution is -0.274. The molecule has 100 valence electrons. The maximum atomic E-state index is 12.0. The number of benzene rings is 1. The third-order valence-corrected chi connectivity index (χ3v) is 2.09. The Balaban J connectivity index is 2.09. The lowest BCUT2D eigenvalue weighted by atomic mass is 10.3. The van der Waals surface area contributed by atoms with Gasteiger partial charge in [0.25, 0.3) is 0 Å². The highest BCUT2D eigenvalue weighted by Crippen LogP contribution is 2.25. The van der Waals surface area contributed by atoms with Gasteiger partial charge in [-0.05, 0) is 24.3 Å². The molecule has 8 heteroatoms. The van der Waals surface area contributed by atoms with Crippen molar-refractivity contribution in [3.8, 4) is 5.75 Å². The summed E-state index contributed by atoms with van der Waals surface area (Å²) in [5.74, 6) is 0.0770. The molecule has 0 atom stereocenters. The number of nitrogens with two attached hydrogens (primary N) is 1. The molecule has 0 unspecified atom stereocenters. The van der Waals surface area contributed by atoms with E-state index in [1.54, 1.807) is 0 Å². The summed E-state index contributed by atoms with van der Waals surface area (Å²) in [5, 5.41) is 2.85. The van der Waals surface area contributed by atoms with Crippen LogP contribution in [-0.2, 0) is 0 Å². The van der Waals surface area contributed by atoms with Gasteiger partial charge in [-0.3, -0.25) is 0 Å². The summed E-state index contributed by atoms with van der Waals surface area (Å²) in [6.45, 7) is 0. The summed E-state index contributed by atoms with van der Waals surface area (Å²) in [4.78, 5) is 7.62. The second-order valence-electron chi connectivity index (χ2n) is 3.52. The van der Waals surface area contributed by atoms with E-state index in [4.69, 9.17) is 5.73 Å². The molecule has 0 spiro atoms. The normalized spacial score (nSPS) is 11.1. The first-order valence-corrected chi connectivity index (χ1v) is 5.12. The predicted octanol–water partition coefficient (Wildman–Crippen LogP) is 2.70. The molecule has 2 aromatic rings. The molecule has 0 saturated carbocycles. The number of ether oxygens (including phenoxy) is 1. The van der Waals surface area contributed by atoms with Crippen molar-refractivity contribution in [2.75, 3.05) is 11.1 Å². The number of aromatic nitrogens is 2. The third-order valence-electron chi connectivity index (χ3n) is 2.09. The molecule has 1 heterocycles. The Kier molecular flexibility index (Phi) is 3.41. The zero-order valence-electron chi connectivity index (χ0n) is 9.48. The van der Waals surface area contributed by atoms with Gasteiger partial charge in [-0.25, -0.2) is 9.97 Å². The van der Waals surface area contributed by atoms with E-state index in [2.05, 4.69) is 20.0 Å². The second-order valence-corrected chi connectivity index (χ2v) is 3.52. The quantitative estimate of drug-likeness (QED) is 0.897. The van der Waals surface area contributed by atoms with Crippen molar-refractivity contribution in [2.45, 2.75) is 6.36 Å². The third kappa shape index (κ3) is 3.73. The number of hydrogen-bond donors (Lipinski definition) is 2. The Morgan fingerprint density at radius 1 is 1.16 bits per heavy atom. The molecule has 0 aliphatic heterocycles. The molecule has 0 aliphatic rings. The average molecular weight is 270 g/mol. The molecule has 3 N–H and O–H groups in total. The predicted molar refractivity (Wildman–Crippen MR) is 62.9 cm³/mol. The lowest BCUT2D eigenvalue weighted by Crippen LogP contribution is -2.16. The summed E-state index contributed by atoms with van der Waals surface area (Å²) >= 11 is 0. The van der Waals surface area contributed by atoms with E-state index in [-0.39, 0.29) is 5.75 Å². The van der Waals surface area contributed by atoms with E-state index >= 15 is 0 Å². The zero-order chi connectivity index (χ0) is 13.9. The fourth-order valence-electron chi connectivity index (χ4n) is 1.32. The first-order valence-electron chi connectivity index (χ1n) is 5.12. The molecular weight excluding hydrogens is 261 g/mol. The maximum Gasteiger partial charge on any atom is 0.573 e. The van der Waals surface area contributed by atoms with Gasteiger partial charge in [0.15, 0.2) is 5.82 Å². The SMILES string of the molecule is Nc1cncnc1Nc1ccc(OC(F)(F)F)cc1. The zero-order valence-corrected chi connectivity index (χ0v) is 9.48. The largest absolute Gasteiger partial charge is 0.573 e. The number of nitrogen functional groups attached to an aromatic ring is 1. The molecule has 1 aromatic heterocycles. The molecule has 19 heavy (non-hydrogen) atoms. The minimum absolute atomic E-state index is 0.297. The van der Waals surface area contributed by atoms with Crippen molar-refractivity contribution in [1.29, 1.82) is 0 Å². The number of halogens is 3. The van der Waals surface area contributed by atoms with Crippen LogP contribution < -0.4 is 15.8 Å². The van der Waals surface area contributed by atoms with E-state index in [1.165, 1.54) is 36.8 Å². The van der Waals surface area contributed by atoms with E-state index in [1.807, 2.05) is 0 Å². The van der Waals surface area contributed by atoms with Crippen LogP contribution >= 0.6 is 0 Å². The highest BCUT2D eigenvalue weighted by atomic mass is 19.4. The van der Waals surface area contributed by atoms with E-state index < -0.39 is 6.36 Å². The number of anilines is 3. The Labute approximate surface area is 106 Å². The Morgan fingerprint density at radius 2 is 1.84 bits per heavy atom. The smallest absolute Gasteiger partial charge is 0.406 e. The fraction of sp³-hybridized carbons (Fsp3) is 0.0909. The van der Waals surface area contributed by atoms with Crippen LogP contribution in [0.4, 0.5) is 30.4 Å². The highest BCUT2D eigenvalue weighted by Gasteiger charge is 2.30. The lowest BCUT2D eigenvalue weighted by Gasteiger charge is -2.10. The number of hydrogen-bond acceptors (Lipinski definition) is 5. The molecule has 0 aliphatic carbocycles. The molecule has 0 amide bonds. The van der Waals surface area contributed by atoms with E-state index in [0.717, 1.165) is 0 Å². The van der Waals surface area contributed by atoms with Crippen molar-refractivity contribution < 1.29 is 17.9 Å². The maximum absolute atomic E-state index is 12.0. The van der Waals surface area contributed by atoms with E-state index in [9.17, 15) is 13.2 Å². The molecule has 0 radical (unpaired) electrons. The van der Waals surface area contributed by atoms with Crippen LogP contribution in [0.25, 0.3) is 0 Å². The average Bonchev–Trinajstić information content (AvgIpc) is 2.33. The Hall–Kier alpha value is -2.51. The fourth-order valence-corrected chi connectivity index (χ4v) is 1.32. The topological polar surface area (TPSA) is 73.1 Å². The van der Waals surface area contributed by atoms with Gasteiger partial charge >= 0.3 is 6.36 Å². The summed E-state index contributed by atoms with van der Waals surface area (Å²) in [7, 11) is 0. The summed E-state index contributed by atoms with van der Waals surface area (Å²) in [5.41, 5.74) is 6.48. The number of rotatable bonds is 3. The van der Waals surface area contributed by atoms with Crippen LogP contribution in [0.2, 0.25) is 0 Å². The molecular formula is C11H9F3N4O. The van der Waals surface area contributed by atoms with Gasteiger partial charge in [0.2, 0.25) is 0 Å². The Morgan fingerprint density at radius 3 is 2.42 bits per heavy atom. The van der Waals surface area contributed by atoms with Crippen molar-refractivity contribution in [2.24, 2.45) is 0 Å². The molecule has 0 bridgehead atoms. The van der Waals surface area contributed by atoms with Crippen molar-refractivity contribution in [3.63, 3.8) is 0 Å². The van der Waals surface area contributed by atoms with Crippen LogP contribution in [0.15, 0.2) is 36.8 Å². The van der Waals surface area contributed by atoms with Crippen LogP contribution in [0.3, 0.4) is 0 Å². The van der Waals surface area contributed by atoms with Gasteiger partial charge in [0, 0.05) is 5.69 Å². The van der Waals surface area contributed by atoms with Crippen molar-refractivity contribution in [3.05, 3.63) is 36.8 Å². The van der Waals surface area contributed by atoms with Gasteiger partial charge in [0.1, 0.15) is 12.1 Å². The molecule has 0 fully saturated rings. The van der Waals surface area contributed by atoms with Gasteiger partial charge in [-0.1, -0.05) is 0 Å². The van der Waals surface area contributed by atoms with Gasteiger partial charge in [-0.2, -0.15) is 0 Å². The summed E-state index contributed by atoms with van der Waals surface area (Å²) < 4.78 is 39.7. The number of nitrogens with zero attached hydrogens (tertiary/aromatic N) is 2. The minimum atomic E-state index is -4.70. The van der Waals surface area contributed by atoms with Gasteiger partial charge in [-0.15, -0.1) is 13.2 Å². The Bertz CT molecular complexity index is 557. The molecule has 1 aromatic carbocycles. The van der Waals surface area contributed by atoms with Crippen molar-refractivity contribution in [1.82, 2.24) is 9.97 Å². The van der Waals surface area contributed by atoms with Crippen LogP contribution in [0.1, 0.15) is 0 Å².